The average molecular weight is 558 g/mol. The molecule has 4 atom stereocenters. The Balaban J connectivity index is 1.29. The van der Waals surface area contributed by atoms with E-state index >= 15 is 0 Å². The van der Waals surface area contributed by atoms with Gasteiger partial charge in [-0.15, -0.1) is 8.78 Å². The molecule has 3 aliphatic rings. The second-order valence-electron chi connectivity index (χ2n) is 9.92. The number of nitrogens with zero attached hydrogens (tertiary/aromatic N) is 2. The molecule has 0 saturated carbocycles. The molecule has 1 aromatic heterocycles. The lowest BCUT2D eigenvalue weighted by Crippen LogP contribution is -2.46. The van der Waals surface area contributed by atoms with E-state index in [-0.39, 0.29) is 29.5 Å². The van der Waals surface area contributed by atoms with Gasteiger partial charge in [0.15, 0.2) is 11.5 Å². The number of hydrogen-bond acceptors (Lipinski definition) is 10. The van der Waals surface area contributed by atoms with Gasteiger partial charge in [0.2, 0.25) is 5.91 Å². The molecule has 0 aliphatic carbocycles. The van der Waals surface area contributed by atoms with Gasteiger partial charge in [-0.3, -0.25) is 14.8 Å². The summed E-state index contributed by atoms with van der Waals surface area (Å²) in [5, 5.41) is 22.1. The molecule has 0 saturated heterocycles. The highest BCUT2D eigenvalue weighted by atomic mass is 19.3. The van der Waals surface area contributed by atoms with Crippen molar-refractivity contribution in [2.45, 2.75) is 43.3 Å². The number of rotatable bonds is 6. The fraction of sp³-hybridized carbons (Fsp3) is 0.370. The summed E-state index contributed by atoms with van der Waals surface area (Å²) >= 11 is 0. The van der Waals surface area contributed by atoms with Gasteiger partial charge in [0.05, 0.1) is 43.5 Å². The van der Waals surface area contributed by atoms with Gasteiger partial charge >= 0.3 is 6.29 Å². The molecule has 210 valence electrons. The zero-order chi connectivity index (χ0) is 28.2. The molecule has 3 N–H and O–H groups in total. The Morgan fingerprint density at radius 1 is 1.15 bits per heavy atom. The minimum absolute atomic E-state index is 0.0182. The van der Waals surface area contributed by atoms with Crippen LogP contribution in [0.1, 0.15) is 54.1 Å². The van der Waals surface area contributed by atoms with E-state index in [4.69, 9.17) is 14.2 Å². The van der Waals surface area contributed by atoms with Gasteiger partial charge in [-0.2, -0.15) is 0 Å². The van der Waals surface area contributed by atoms with E-state index in [2.05, 4.69) is 24.8 Å². The van der Waals surface area contributed by atoms with Crippen LogP contribution in [0, 0.1) is 0 Å². The van der Waals surface area contributed by atoms with Crippen molar-refractivity contribution in [2.24, 2.45) is 0 Å². The van der Waals surface area contributed by atoms with Gasteiger partial charge in [0.1, 0.15) is 41.5 Å². The summed E-state index contributed by atoms with van der Waals surface area (Å²) in [5.74, 6) is 0.549. The Morgan fingerprint density at radius 2 is 1.93 bits per heavy atom. The van der Waals surface area contributed by atoms with Crippen LogP contribution >= 0.6 is 0 Å². The smallest absolute Gasteiger partial charge is 0.497 e. The number of ether oxygens (including phenoxy) is 5. The molecule has 13 heteroatoms. The minimum Gasteiger partial charge on any atom is -0.497 e. The van der Waals surface area contributed by atoms with E-state index in [1.54, 1.807) is 25.1 Å². The number of carbonyl (C=O) groups is 1. The number of hydrogen-bond donors (Lipinski definition) is 3. The zero-order valence-electron chi connectivity index (χ0n) is 21.4. The molecular formula is C27H25F2N3O8. The number of methoxy groups -OCH3 is 1. The average Bonchev–Trinajstić information content (AvgIpc) is 3.45. The summed E-state index contributed by atoms with van der Waals surface area (Å²) in [5.41, 5.74) is 0.552. The molecule has 3 aliphatic heterocycles. The van der Waals surface area contributed by atoms with E-state index in [1.165, 1.54) is 31.6 Å². The largest absolute Gasteiger partial charge is 0.586 e. The summed E-state index contributed by atoms with van der Waals surface area (Å²) in [6, 6.07) is 7.37. The molecule has 0 spiro atoms. The molecular weight excluding hydrogens is 532 g/mol. The maximum absolute atomic E-state index is 13.8. The van der Waals surface area contributed by atoms with Crippen LogP contribution in [0.15, 0.2) is 42.7 Å². The molecule has 0 radical (unpaired) electrons. The number of aromatic nitrogens is 2. The van der Waals surface area contributed by atoms with Crippen molar-refractivity contribution in [3.8, 4) is 28.7 Å². The quantitative estimate of drug-likeness (QED) is 0.414. The molecule has 40 heavy (non-hydrogen) atoms. The Hall–Kier alpha value is -4.23. The zero-order valence-corrected chi connectivity index (χ0v) is 21.4. The third kappa shape index (κ3) is 4.40. The van der Waals surface area contributed by atoms with Crippen molar-refractivity contribution in [3.05, 3.63) is 65.2 Å². The monoisotopic (exact) mass is 557 g/mol. The lowest BCUT2D eigenvalue weighted by Gasteiger charge is -2.34. The maximum Gasteiger partial charge on any atom is 0.586 e. The van der Waals surface area contributed by atoms with Gasteiger partial charge in [-0.1, -0.05) is 0 Å². The number of carbonyl (C=O) groups excluding carboxylic acids is 1. The topological polar surface area (TPSA) is 141 Å². The number of aliphatic hydroxyl groups is 2. The molecule has 6 rings (SSSR count). The second-order valence-corrected chi connectivity index (χ2v) is 9.92. The summed E-state index contributed by atoms with van der Waals surface area (Å²) in [6.07, 6.45) is -2.48. The molecule has 1 unspecified atom stereocenters. The van der Waals surface area contributed by atoms with Crippen molar-refractivity contribution in [2.75, 3.05) is 20.3 Å². The van der Waals surface area contributed by atoms with Gasteiger partial charge in [0.25, 0.3) is 0 Å². The number of halogens is 2. The van der Waals surface area contributed by atoms with Crippen molar-refractivity contribution in [3.63, 3.8) is 0 Å². The Morgan fingerprint density at radius 3 is 2.62 bits per heavy atom. The highest BCUT2D eigenvalue weighted by molar-refractivity contribution is 5.90. The number of alkyl halides is 2. The third-order valence-electron chi connectivity index (χ3n) is 7.27. The first-order valence-electron chi connectivity index (χ1n) is 12.4. The first-order valence-corrected chi connectivity index (χ1v) is 12.4. The standard InChI is InChI=1S/C27H25F2N3O8/c1-26(12-37-21-8-24-23(6-15(21)26)39-27(28,29)40-24)25(35)32-16-7-22(18-10-30-17(9-31-18)19(34)11-33)38-20-5-13(36-2)3-4-14(16)20/h3-6,8-10,16,19,22,33-34H,7,11-12H2,1-2H3,(H,32,35)/t16-,19?,22-,26+/m1/s1. The first-order chi connectivity index (χ1) is 19.1. The van der Waals surface area contributed by atoms with Crippen LogP contribution in [0.2, 0.25) is 0 Å². The van der Waals surface area contributed by atoms with Gasteiger partial charge in [0, 0.05) is 29.7 Å². The van der Waals surface area contributed by atoms with E-state index in [9.17, 15) is 23.8 Å². The molecule has 0 bridgehead atoms. The van der Waals surface area contributed by atoms with Crippen molar-refractivity contribution in [1.29, 1.82) is 0 Å². The van der Waals surface area contributed by atoms with E-state index in [1.807, 2.05) is 0 Å². The Bertz CT molecular complexity index is 1470. The molecule has 3 aromatic rings. The van der Waals surface area contributed by atoms with Gasteiger partial charge in [-0.05, 0) is 25.1 Å². The number of fused-ring (bicyclic) bond motifs is 3. The van der Waals surface area contributed by atoms with Crippen molar-refractivity contribution >= 4 is 5.91 Å². The highest BCUT2D eigenvalue weighted by Gasteiger charge is 2.49. The second kappa shape index (κ2) is 9.45. The van der Waals surface area contributed by atoms with E-state index in [0.717, 1.165) is 0 Å². The predicted octanol–water partition coefficient (Wildman–Crippen LogP) is 2.86. The molecule has 11 nitrogen and oxygen atoms in total. The van der Waals surface area contributed by atoms with E-state index < -0.39 is 42.5 Å². The van der Waals surface area contributed by atoms with E-state index in [0.29, 0.717) is 34.7 Å². The number of benzene rings is 2. The fourth-order valence-electron chi connectivity index (χ4n) is 5.01. The summed E-state index contributed by atoms with van der Waals surface area (Å²) in [4.78, 5) is 22.3. The van der Waals surface area contributed by atoms with Crippen molar-refractivity contribution in [1.82, 2.24) is 15.3 Å². The highest BCUT2D eigenvalue weighted by Crippen LogP contribution is 2.50. The Labute approximate surface area is 226 Å². The van der Waals surface area contributed by atoms with Gasteiger partial charge < -0.3 is 39.2 Å². The van der Waals surface area contributed by atoms with Crippen LogP contribution < -0.4 is 29.0 Å². The van der Waals surface area contributed by atoms with Crippen LogP contribution in [0.25, 0.3) is 0 Å². The van der Waals surface area contributed by atoms with Crippen LogP contribution in [0.4, 0.5) is 8.78 Å². The summed E-state index contributed by atoms with van der Waals surface area (Å²) in [6.45, 7) is 1.15. The number of nitrogens with one attached hydrogen (secondary N) is 1. The molecule has 4 heterocycles. The Kier molecular flexibility index (Phi) is 6.15. The molecule has 2 aromatic carbocycles. The molecule has 0 fully saturated rings. The lowest BCUT2D eigenvalue weighted by molar-refractivity contribution is -0.286. The molecule has 1 amide bonds. The van der Waals surface area contributed by atoms with Crippen LogP contribution in [-0.2, 0) is 10.2 Å². The number of amides is 1. The summed E-state index contributed by atoms with van der Waals surface area (Å²) < 4.78 is 53.6. The normalized spacial score (nSPS) is 24.2. The predicted molar refractivity (Wildman–Crippen MR) is 131 cm³/mol. The van der Waals surface area contributed by atoms with Crippen LogP contribution in [0.5, 0.6) is 28.7 Å². The fourth-order valence-corrected chi connectivity index (χ4v) is 5.01. The number of aliphatic hydroxyl groups excluding tert-OH is 2. The third-order valence-corrected chi connectivity index (χ3v) is 7.27. The summed E-state index contributed by atoms with van der Waals surface area (Å²) in [7, 11) is 1.53. The maximum atomic E-state index is 13.8. The van der Waals surface area contributed by atoms with Gasteiger partial charge in [-0.25, -0.2) is 0 Å². The van der Waals surface area contributed by atoms with Crippen LogP contribution in [-0.4, -0.2) is 52.7 Å². The first kappa shape index (κ1) is 26.0. The van der Waals surface area contributed by atoms with Crippen molar-refractivity contribution < 1.29 is 47.5 Å². The SMILES string of the molecule is COc1ccc2c(c1)O[C@@H](c1cnc(C(O)CO)cn1)C[C@H]2NC(=O)[C@@]1(C)COc2cc3c(cc21)OC(F)(F)O3. The van der Waals surface area contributed by atoms with Crippen LogP contribution in [0.3, 0.4) is 0 Å². The lowest BCUT2D eigenvalue weighted by atomic mass is 9.82. The minimum atomic E-state index is -3.80.